The maximum absolute atomic E-state index is 6.13. The van der Waals surface area contributed by atoms with Crippen LogP contribution < -0.4 is 10.2 Å². The van der Waals surface area contributed by atoms with Gasteiger partial charge >= 0.3 is 0 Å². The molecular formula is C15H25ClN2S. The zero-order chi connectivity index (χ0) is 14.3. The number of nitrogens with zero attached hydrogens (tertiary/aromatic N) is 1. The van der Waals surface area contributed by atoms with Crippen molar-refractivity contribution in [1.29, 1.82) is 0 Å². The number of hydrogen-bond donors (Lipinski definition) is 1. The lowest BCUT2D eigenvalue weighted by molar-refractivity contribution is 0.552. The predicted octanol–water partition coefficient (Wildman–Crippen LogP) is 3.88. The van der Waals surface area contributed by atoms with E-state index in [1.165, 1.54) is 11.3 Å². The molecule has 19 heavy (non-hydrogen) atoms. The van der Waals surface area contributed by atoms with Gasteiger partial charge in [-0.05, 0) is 36.4 Å². The van der Waals surface area contributed by atoms with Crippen molar-refractivity contribution in [3.05, 3.63) is 28.8 Å². The first-order valence-corrected chi connectivity index (χ1v) is 8.51. The Kier molecular flexibility index (Phi) is 7.66. The summed E-state index contributed by atoms with van der Waals surface area (Å²) in [5.41, 5.74) is 2.55. The van der Waals surface area contributed by atoms with E-state index >= 15 is 0 Å². The van der Waals surface area contributed by atoms with E-state index in [4.69, 9.17) is 11.6 Å². The van der Waals surface area contributed by atoms with Crippen LogP contribution in [0.5, 0.6) is 0 Å². The second-order valence-corrected chi connectivity index (χ2v) is 6.63. The molecule has 0 saturated carbocycles. The van der Waals surface area contributed by atoms with Crippen molar-refractivity contribution >= 4 is 29.1 Å². The van der Waals surface area contributed by atoms with Crippen molar-refractivity contribution in [2.24, 2.45) is 5.92 Å². The van der Waals surface area contributed by atoms with Crippen molar-refractivity contribution in [3.8, 4) is 0 Å². The molecule has 1 rings (SSSR count). The van der Waals surface area contributed by atoms with Crippen LogP contribution in [0.2, 0.25) is 5.02 Å². The Morgan fingerprint density at radius 1 is 1.37 bits per heavy atom. The summed E-state index contributed by atoms with van der Waals surface area (Å²) in [6, 6.07) is 6.16. The van der Waals surface area contributed by atoms with E-state index in [2.05, 4.69) is 49.5 Å². The highest BCUT2D eigenvalue weighted by Gasteiger charge is 2.08. The molecular weight excluding hydrogens is 276 g/mol. The van der Waals surface area contributed by atoms with Gasteiger partial charge in [-0.15, -0.1) is 0 Å². The van der Waals surface area contributed by atoms with Gasteiger partial charge in [0.25, 0.3) is 0 Å². The summed E-state index contributed by atoms with van der Waals surface area (Å²) in [6.45, 7) is 7.42. The lowest BCUT2D eigenvalue weighted by Crippen LogP contribution is -2.24. The van der Waals surface area contributed by atoms with E-state index in [1.807, 2.05) is 17.8 Å². The van der Waals surface area contributed by atoms with E-state index in [9.17, 15) is 0 Å². The van der Waals surface area contributed by atoms with Crippen molar-refractivity contribution in [2.45, 2.75) is 20.4 Å². The highest BCUT2D eigenvalue weighted by molar-refractivity contribution is 7.98. The monoisotopic (exact) mass is 300 g/mol. The van der Waals surface area contributed by atoms with E-state index < -0.39 is 0 Å². The summed E-state index contributed by atoms with van der Waals surface area (Å²) < 4.78 is 0. The van der Waals surface area contributed by atoms with Crippen molar-refractivity contribution in [3.63, 3.8) is 0 Å². The second-order valence-electron chi connectivity index (χ2n) is 5.21. The number of nitrogens with one attached hydrogen (secondary N) is 1. The van der Waals surface area contributed by atoms with Crippen LogP contribution in [0.3, 0.4) is 0 Å². The number of rotatable bonds is 8. The predicted molar refractivity (Wildman–Crippen MR) is 89.6 cm³/mol. The lowest BCUT2D eigenvalue weighted by atomic mass is 10.1. The molecule has 0 atom stereocenters. The van der Waals surface area contributed by atoms with Gasteiger partial charge in [-0.1, -0.05) is 31.5 Å². The van der Waals surface area contributed by atoms with Crippen molar-refractivity contribution < 1.29 is 0 Å². The molecule has 2 nitrogen and oxygen atoms in total. The van der Waals surface area contributed by atoms with E-state index in [1.54, 1.807) is 0 Å². The normalized spacial score (nSPS) is 11.1. The van der Waals surface area contributed by atoms with Crippen LogP contribution in [0, 0.1) is 5.92 Å². The summed E-state index contributed by atoms with van der Waals surface area (Å²) >= 11 is 7.99. The molecule has 0 bridgehead atoms. The fourth-order valence-electron chi connectivity index (χ4n) is 1.89. The topological polar surface area (TPSA) is 15.3 Å². The van der Waals surface area contributed by atoms with Crippen LogP contribution in [0.15, 0.2) is 18.2 Å². The molecule has 0 radical (unpaired) electrons. The Hall–Kier alpha value is -0.380. The third kappa shape index (κ3) is 6.07. The molecule has 0 saturated heterocycles. The fraction of sp³-hybridized carbons (Fsp3) is 0.600. The van der Waals surface area contributed by atoms with Gasteiger partial charge in [-0.2, -0.15) is 11.8 Å². The third-order valence-corrected chi connectivity index (χ3v) is 3.78. The van der Waals surface area contributed by atoms with Gasteiger partial charge in [-0.3, -0.25) is 0 Å². The smallest absolute Gasteiger partial charge is 0.0426 e. The van der Waals surface area contributed by atoms with Gasteiger partial charge in [0.05, 0.1) is 0 Å². The minimum absolute atomic E-state index is 0.671. The molecule has 0 fully saturated rings. The first-order chi connectivity index (χ1) is 9.04. The minimum atomic E-state index is 0.671. The Bertz CT molecular complexity index is 382. The fourth-order valence-corrected chi connectivity index (χ4v) is 2.51. The molecule has 0 unspecified atom stereocenters. The Morgan fingerprint density at radius 2 is 2.11 bits per heavy atom. The standard InChI is InChI=1S/C15H25ClN2S/c1-12(2)10-17-11-13-5-6-14(16)9-15(13)18(3)7-8-19-4/h5-6,9,12,17H,7-8,10-11H2,1-4H3. The summed E-state index contributed by atoms with van der Waals surface area (Å²) in [7, 11) is 2.13. The van der Waals surface area contributed by atoms with Crippen molar-refractivity contribution in [2.75, 3.05) is 37.0 Å². The van der Waals surface area contributed by atoms with Crippen LogP contribution in [-0.4, -0.2) is 32.1 Å². The molecule has 108 valence electrons. The van der Waals surface area contributed by atoms with Gasteiger partial charge in [0.1, 0.15) is 0 Å². The number of anilines is 1. The molecule has 0 aromatic heterocycles. The second kappa shape index (κ2) is 8.72. The molecule has 0 aliphatic rings. The quantitative estimate of drug-likeness (QED) is 0.784. The summed E-state index contributed by atoms with van der Waals surface area (Å²) in [5, 5.41) is 4.30. The molecule has 0 heterocycles. The van der Waals surface area contributed by atoms with Gasteiger partial charge in [-0.25, -0.2) is 0 Å². The minimum Gasteiger partial charge on any atom is -0.373 e. The molecule has 0 amide bonds. The first-order valence-electron chi connectivity index (χ1n) is 6.73. The van der Waals surface area contributed by atoms with Gasteiger partial charge in [0.2, 0.25) is 0 Å². The number of benzene rings is 1. The van der Waals surface area contributed by atoms with E-state index in [0.717, 1.165) is 30.4 Å². The molecule has 0 aliphatic carbocycles. The van der Waals surface area contributed by atoms with Crippen LogP contribution in [0.1, 0.15) is 19.4 Å². The Labute approximate surface area is 126 Å². The summed E-state index contributed by atoms with van der Waals surface area (Å²) in [5.74, 6) is 1.80. The van der Waals surface area contributed by atoms with Crippen LogP contribution in [0.4, 0.5) is 5.69 Å². The van der Waals surface area contributed by atoms with E-state index in [-0.39, 0.29) is 0 Å². The maximum atomic E-state index is 6.13. The largest absolute Gasteiger partial charge is 0.373 e. The molecule has 1 aromatic rings. The lowest BCUT2D eigenvalue weighted by Gasteiger charge is -2.23. The first kappa shape index (κ1) is 16.7. The zero-order valence-electron chi connectivity index (χ0n) is 12.4. The highest BCUT2D eigenvalue weighted by Crippen LogP contribution is 2.24. The van der Waals surface area contributed by atoms with Gasteiger partial charge in [0.15, 0.2) is 0 Å². The van der Waals surface area contributed by atoms with E-state index in [0.29, 0.717) is 5.92 Å². The number of hydrogen-bond acceptors (Lipinski definition) is 3. The summed E-state index contributed by atoms with van der Waals surface area (Å²) in [4.78, 5) is 2.29. The molecule has 0 aliphatic heterocycles. The SMILES string of the molecule is CSCCN(C)c1cc(Cl)ccc1CNCC(C)C. The maximum Gasteiger partial charge on any atom is 0.0426 e. The zero-order valence-corrected chi connectivity index (χ0v) is 13.9. The average Bonchev–Trinajstić information content (AvgIpc) is 2.37. The molecule has 1 aromatic carbocycles. The van der Waals surface area contributed by atoms with Crippen LogP contribution in [-0.2, 0) is 6.54 Å². The van der Waals surface area contributed by atoms with Crippen LogP contribution >= 0.6 is 23.4 Å². The number of halogens is 1. The van der Waals surface area contributed by atoms with Crippen LogP contribution in [0.25, 0.3) is 0 Å². The molecule has 4 heteroatoms. The Balaban J connectivity index is 2.73. The molecule has 1 N–H and O–H groups in total. The third-order valence-electron chi connectivity index (χ3n) is 2.96. The number of thioether (sulfide) groups is 1. The average molecular weight is 301 g/mol. The van der Waals surface area contributed by atoms with Gasteiger partial charge < -0.3 is 10.2 Å². The molecule has 0 spiro atoms. The van der Waals surface area contributed by atoms with Gasteiger partial charge in [0, 0.05) is 36.6 Å². The Morgan fingerprint density at radius 3 is 2.74 bits per heavy atom. The highest BCUT2D eigenvalue weighted by atomic mass is 35.5. The van der Waals surface area contributed by atoms with Crippen molar-refractivity contribution in [1.82, 2.24) is 5.32 Å². The summed E-state index contributed by atoms with van der Waals surface area (Å²) in [6.07, 6.45) is 2.14.